The average molecular weight is 379 g/mol. The molecule has 0 heterocycles. The Morgan fingerprint density at radius 3 is 1.93 bits per heavy atom. The lowest BCUT2D eigenvalue weighted by molar-refractivity contribution is 0.102. The molecule has 0 bridgehead atoms. The van der Waals surface area contributed by atoms with Crippen LogP contribution in [-0.4, -0.2) is 19.1 Å². The molecule has 0 atom stereocenters. The Labute approximate surface area is 163 Å². The number of rotatable bonds is 9. The first kappa shape index (κ1) is 19.4. The maximum absolute atomic E-state index is 12.9. The van der Waals surface area contributed by atoms with Gasteiger partial charge < -0.3 is 14.8 Å². The number of anilines is 1. The van der Waals surface area contributed by atoms with Gasteiger partial charge in [-0.15, -0.1) is 0 Å². The molecule has 0 saturated heterocycles. The predicted octanol–water partition coefficient (Wildman–Crippen LogP) is 5.32. The Hall–Kier alpha value is -3.34. The monoisotopic (exact) mass is 379 g/mol. The number of halogens is 1. The van der Waals surface area contributed by atoms with E-state index in [1.807, 2.05) is 30.3 Å². The van der Waals surface area contributed by atoms with E-state index in [9.17, 15) is 9.18 Å². The number of amides is 1. The van der Waals surface area contributed by atoms with E-state index < -0.39 is 0 Å². The zero-order valence-electron chi connectivity index (χ0n) is 15.4. The summed E-state index contributed by atoms with van der Waals surface area (Å²) in [5.41, 5.74) is 1.05. The van der Waals surface area contributed by atoms with E-state index in [0.717, 1.165) is 18.6 Å². The SMILES string of the molecule is O=C(Nc1ccc(F)cc1)c1ccc(OCCCCOc2ccccc2)cc1. The van der Waals surface area contributed by atoms with Gasteiger partial charge in [-0.3, -0.25) is 4.79 Å². The van der Waals surface area contributed by atoms with Crippen molar-refractivity contribution in [2.24, 2.45) is 0 Å². The van der Waals surface area contributed by atoms with Crippen LogP contribution in [0.25, 0.3) is 0 Å². The molecule has 144 valence electrons. The molecule has 1 N–H and O–H groups in total. The van der Waals surface area contributed by atoms with Gasteiger partial charge in [0.1, 0.15) is 17.3 Å². The van der Waals surface area contributed by atoms with Crippen LogP contribution in [0.3, 0.4) is 0 Å². The minimum absolute atomic E-state index is 0.254. The van der Waals surface area contributed by atoms with Gasteiger partial charge in [-0.25, -0.2) is 4.39 Å². The minimum Gasteiger partial charge on any atom is -0.494 e. The molecule has 3 aromatic carbocycles. The lowest BCUT2D eigenvalue weighted by atomic mass is 10.2. The largest absolute Gasteiger partial charge is 0.494 e. The van der Waals surface area contributed by atoms with Gasteiger partial charge in [0.05, 0.1) is 13.2 Å². The molecule has 0 aliphatic rings. The van der Waals surface area contributed by atoms with Gasteiger partial charge >= 0.3 is 0 Å². The van der Waals surface area contributed by atoms with Crippen LogP contribution in [0.15, 0.2) is 78.9 Å². The highest BCUT2D eigenvalue weighted by atomic mass is 19.1. The molecule has 0 spiro atoms. The van der Waals surface area contributed by atoms with Gasteiger partial charge in [-0.1, -0.05) is 18.2 Å². The molecule has 3 aromatic rings. The zero-order valence-corrected chi connectivity index (χ0v) is 15.4. The van der Waals surface area contributed by atoms with E-state index in [0.29, 0.717) is 30.2 Å². The van der Waals surface area contributed by atoms with Gasteiger partial charge in [-0.05, 0) is 73.5 Å². The van der Waals surface area contributed by atoms with Crippen LogP contribution in [-0.2, 0) is 0 Å². The minimum atomic E-state index is -0.342. The number of carbonyl (C=O) groups excluding carboxylic acids is 1. The van der Waals surface area contributed by atoms with Crippen molar-refractivity contribution in [3.63, 3.8) is 0 Å². The van der Waals surface area contributed by atoms with Crippen LogP contribution in [0.2, 0.25) is 0 Å². The summed E-state index contributed by atoms with van der Waals surface area (Å²) in [6, 6.07) is 22.3. The number of unbranched alkanes of at least 4 members (excludes halogenated alkanes) is 1. The molecule has 1 amide bonds. The fourth-order valence-corrected chi connectivity index (χ4v) is 2.54. The van der Waals surface area contributed by atoms with Crippen molar-refractivity contribution in [1.82, 2.24) is 0 Å². The highest BCUT2D eigenvalue weighted by molar-refractivity contribution is 6.04. The topological polar surface area (TPSA) is 47.6 Å². The lowest BCUT2D eigenvalue weighted by Gasteiger charge is -2.09. The summed E-state index contributed by atoms with van der Waals surface area (Å²) in [4.78, 5) is 12.2. The molecule has 5 heteroatoms. The van der Waals surface area contributed by atoms with E-state index in [-0.39, 0.29) is 11.7 Å². The Morgan fingerprint density at radius 2 is 1.32 bits per heavy atom. The number of hydrogen-bond donors (Lipinski definition) is 1. The van der Waals surface area contributed by atoms with Crippen LogP contribution in [0.4, 0.5) is 10.1 Å². The summed E-state index contributed by atoms with van der Waals surface area (Å²) in [7, 11) is 0. The highest BCUT2D eigenvalue weighted by Crippen LogP contribution is 2.15. The fraction of sp³-hybridized carbons (Fsp3) is 0.174. The van der Waals surface area contributed by atoms with Gasteiger partial charge in [0, 0.05) is 11.3 Å². The summed E-state index contributed by atoms with van der Waals surface area (Å²) in [5.74, 6) is 0.988. The maximum atomic E-state index is 12.9. The number of ether oxygens (including phenoxy) is 2. The molecule has 0 aliphatic heterocycles. The second-order valence-corrected chi connectivity index (χ2v) is 6.20. The summed E-state index contributed by atoms with van der Waals surface area (Å²) in [5, 5.41) is 2.72. The third-order valence-electron chi connectivity index (χ3n) is 4.04. The molecule has 0 unspecified atom stereocenters. The molecule has 4 nitrogen and oxygen atoms in total. The van der Waals surface area contributed by atoms with Crippen LogP contribution in [0, 0.1) is 5.82 Å². The summed E-state index contributed by atoms with van der Waals surface area (Å²) < 4.78 is 24.2. The number of para-hydroxylation sites is 1. The maximum Gasteiger partial charge on any atom is 0.255 e. The van der Waals surface area contributed by atoms with Gasteiger partial charge in [0.25, 0.3) is 5.91 Å². The van der Waals surface area contributed by atoms with E-state index in [4.69, 9.17) is 9.47 Å². The fourth-order valence-electron chi connectivity index (χ4n) is 2.54. The number of carbonyl (C=O) groups is 1. The molecular formula is C23H22FNO3. The molecule has 0 saturated carbocycles. The normalized spacial score (nSPS) is 10.3. The van der Waals surface area contributed by atoms with Crippen molar-refractivity contribution in [1.29, 1.82) is 0 Å². The van der Waals surface area contributed by atoms with E-state index in [1.54, 1.807) is 24.3 Å². The second kappa shape index (κ2) is 10.1. The van der Waals surface area contributed by atoms with Crippen molar-refractivity contribution in [3.8, 4) is 11.5 Å². The molecular weight excluding hydrogens is 357 g/mol. The van der Waals surface area contributed by atoms with Crippen molar-refractivity contribution in [2.75, 3.05) is 18.5 Å². The summed E-state index contributed by atoms with van der Waals surface area (Å²) in [6.45, 7) is 1.23. The molecule has 0 fully saturated rings. The van der Waals surface area contributed by atoms with Crippen molar-refractivity contribution >= 4 is 11.6 Å². The van der Waals surface area contributed by atoms with E-state index >= 15 is 0 Å². The number of hydrogen-bond acceptors (Lipinski definition) is 3. The molecule has 0 aromatic heterocycles. The third-order valence-corrected chi connectivity index (χ3v) is 4.04. The number of nitrogens with one attached hydrogen (secondary N) is 1. The van der Waals surface area contributed by atoms with Crippen LogP contribution >= 0.6 is 0 Å². The van der Waals surface area contributed by atoms with Crippen LogP contribution in [0.5, 0.6) is 11.5 Å². The zero-order chi connectivity index (χ0) is 19.6. The van der Waals surface area contributed by atoms with E-state index in [2.05, 4.69) is 5.32 Å². The van der Waals surface area contributed by atoms with Gasteiger partial charge in [0.15, 0.2) is 0 Å². The smallest absolute Gasteiger partial charge is 0.255 e. The first-order valence-corrected chi connectivity index (χ1v) is 9.18. The summed E-state index contributed by atoms with van der Waals surface area (Å²) >= 11 is 0. The highest BCUT2D eigenvalue weighted by Gasteiger charge is 2.06. The summed E-state index contributed by atoms with van der Waals surface area (Å²) in [6.07, 6.45) is 1.77. The van der Waals surface area contributed by atoms with Crippen molar-refractivity contribution < 1.29 is 18.7 Å². The van der Waals surface area contributed by atoms with Crippen molar-refractivity contribution in [2.45, 2.75) is 12.8 Å². The Bertz CT molecular complexity index is 865. The van der Waals surface area contributed by atoms with Crippen LogP contribution < -0.4 is 14.8 Å². The predicted molar refractivity (Wildman–Crippen MR) is 107 cm³/mol. The Balaban J connectivity index is 1.37. The first-order chi connectivity index (χ1) is 13.7. The molecule has 3 rings (SSSR count). The Kier molecular flexibility index (Phi) is 7.01. The second-order valence-electron chi connectivity index (χ2n) is 6.20. The van der Waals surface area contributed by atoms with E-state index in [1.165, 1.54) is 24.3 Å². The molecule has 0 radical (unpaired) electrons. The molecule has 0 aliphatic carbocycles. The third kappa shape index (κ3) is 6.13. The standard InChI is InChI=1S/C23H22FNO3/c24-19-10-12-20(13-11-19)25-23(26)18-8-14-22(15-9-18)28-17-5-4-16-27-21-6-2-1-3-7-21/h1-3,6-15H,4-5,16-17H2,(H,25,26). The Morgan fingerprint density at radius 1 is 0.750 bits per heavy atom. The van der Waals surface area contributed by atoms with Crippen molar-refractivity contribution in [3.05, 3.63) is 90.2 Å². The van der Waals surface area contributed by atoms with Crippen LogP contribution in [0.1, 0.15) is 23.2 Å². The first-order valence-electron chi connectivity index (χ1n) is 9.18. The average Bonchev–Trinajstić information content (AvgIpc) is 2.73. The quantitative estimate of drug-likeness (QED) is 0.512. The van der Waals surface area contributed by atoms with Gasteiger partial charge in [0.2, 0.25) is 0 Å². The van der Waals surface area contributed by atoms with Gasteiger partial charge in [-0.2, -0.15) is 0 Å². The molecule has 28 heavy (non-hydrogen) atoms. The lowest BCUT2D eigenvalue weighted by Crippen LogP contribution is -2.11. The number of benzene rings is 3.